The van der Waals surface area contributed by atoms with Crippen LogP contribution in [0, 0.1) is 5.92 Å². The summed E-state index contributed by atoms with van der Waals surface area (Å²) < 4.78 is 52.6. The van der Waals surface area contributed by atoms with Crippen LogP contribution in [0.1, 0.15) is 12.8 Å². The van der Waals surface area contributed by atoms with Crippen molar-refractivity contribution in [3.8, 4) is 0 Å². The van der Waals surface area contributed by atoms with Crippen molar-refractivity contribution in [2.45, 2.75) is 21.9 Å². The number of sulfonamides is 1. The monoisotopic (exact) mass is 554 g/mol. The van der Waals surface area contributed by atoms with E-state index in [1.807, 2.05) is 11.0 Å². The highest BCUT2D eigenvalue weighted by molar-refractivity contribution is 7.91. The van der Waals surface area contributed by atoms with E-state index in [0.29, 0.717) is 55.3 Å². The molecule has 5 rings (SSSR count). The molecule has 1 unspecified atom stereocenters. The number of para-hydroxylation sites is 1. The Hall–Kier alpha value is -2.06. The molecule has 35 heavy (non-hydrogen) atoms. The van der Waals surface area contributed by atoms with Crippen LogP contribution < -0.4 is 4.90 Å². The van der Waals surface area contributed by atoms with Crippen molar-refractivity contribution in [1.29, 1.82) is 0 Å². The number of sulfone groups is 1. The van der Waals surface area contributed by atoms with Crippen molar-refractivity contribution in [3.63, 3.8) is 0 Å². The van der Waals surface area contributed by atoms with Gasteiger partial charge in [0.15, 0.2) is 15.0 Å². The molecule has 3 aromatic rings. The van der Waals surface area contributed by atoms with Gasteiger partial charge in [-0.2, -0.15) is 4.31 Å². The molecule has 1 amide bonds. The van der Waals surface area contributed by atoms with Gasteiger partial charge >= 0.3 is 0 Å². The summed E-state index contributed by atoms with van der Waals surface area (Å²) in [5.74, 6) is -0.343. The van der Waals surface area contributed by atoms with Crippen LogP contribution in [0.4, 0.5) is 5.13 Å². The molecule has 9 nitrogen and oxygen atoms in total. The number of thiazole rings is 1. The third-order valence-electron chi connectivity index (χ3n) is 6.45. The third kappa shape index (κ3) is 4.84. The Balaban J connectivity index is 1.25. The lowest BCUT2D eigenvalue weighted by Crippen LogP contribution is -2.53. The van der Waals surface area contributed by atoms with Gasteiger partial charge in [-0.15, -0.1) is 11.3 Å². The van der Waals surface area contributed by atoms with Gasteiger partial charge in [-0.3, -0.25) is 4.79 Å². The van der Waals surface area contributed by atoms with Crippen LogP contribution >= 0.6 is 22.7 Å². The molecule has 1 atom stereocenters. The molecule has 2 aliphatic heterocycles. The standard InChI is InChI=1S/C22H26N4O5S4/c1-34(28,29)18-7-2-6-17-20(18)23-22(33-17)25-12-10-24(11-13-25)21(27)16-5-3-9-26(15-16)35(30,31)19-8-4-14-32-19/h2,4,6-8,14,16H,3,5,9-13,15H2,1H3. The van der Waals surface area contributed by atoms with Crippen molar-refractivity contribution in [2.75, 3.05) is 50.4 Å². The second kappa shape index (κ2) is 9.43. The highest BCUT2D eigenvalue weighted by Crippen LogP contribution is 2.33. The number of nitrogens with zero attached hydrogens (tertiary/aromatic N) is 4. The lowest BCUT2D eigenvalue weighted by Gasteiger charge is -2.38. The van der Waals surface area contributed by atoms with Crippen LogP contribution in [0.15, 0.2) is 44.8 Å². The number of aromatic nitrogens is 1. The molecule has 13 heteroatoms. The van der Waals surface area contributed by atoms with E-state index in [0.717, 1.165) is 9.83 Å². The lowest BCUT2D eigenvalue weighted by molar-refractivity contribution is -0.137. The molecule has 0 aliphatic carbocycles. The summed E-state index contributed by atoms with van der Waals surface area (Å²) in [5.41, 5.74) is 0.489. The molecule has 2 aromatic heterocycles. The molecular formula is C22H26N4O5S4. The maximum Gasteiger partial charge on any atom is 0.252 e. The minimum atomic E-state index is -3.56. The fraction of sp³-hybridized carbons (Fsp3) is 0.455. The first kappa shape index (κ1) is 24.6. The first-order valence-corrected chi connectivity index (χ1v) is 16.3. The van der Waals surface area contributed by atoms with Crippen molar-refractivity contribution in [3.05, 3.63) is 35.7 Å². The molecule has 0 N–H and O–H groups in total. The first-order chi connectivity index (χ1) is 16.6. The summed E-state index contributed by atoms with van der Waals surface area (Å²) in [6.45, 7) is 2.85. The Bertz CT molecular complexity index is 1440. The Morgan fingerprint density at radius 1 is 1.03 bits per heavy atom. The fourth-order valence-corrected chi connectivity index (χ4v) is 9.23. The Labute approximate surface area is 213 Å². The van der Waals surface area contributed by atoms with E-state index in [-0.39, 0.29) is 23.3 Å². The van der Waals surface area contributed by atoms with Crippen molar-refractivity contribution in [1.82, 2.24) is 14.2 Å². The van der Waals surface area contributed by atoms with Crippen LogP contribution in [0.2, 0.25) is 0 Å². The van der Waals surface area contributed by atoms with Crippen LogP contribution in [-0.2, 0) is 24.7 Å². The highest BCUT2D eigenvalue weighted by atomic mass is 32.2. The maximum atomic E-state index is 13.3. The molecule has 188 valence electrons. The van der Waals surface area contributed by atoms with Crippen LogP contribution in [0.25, 0.3) is 10.2 Å². The summed E-state index contributed by atoms with van der Waals surface area (Å²) in [7, 11) is -6.95. The van der Waals surface area contributed by atoms with E-state index < -0.39 is 19.9 Å². The van der Waals surface area contributed by atoms with Crippen LogP contribution in [0.5, 0.6) is 0 Å². The van der Waals surface area contributed by atoms with Gasteiger partial charge in [0.05, 0.1) is 15.5 Å². The second-order valence-electron chi connectivity index (χ2n) is 8.82. The number of piperidine rings is 1. The number of hydrogen-bond donors (Lipinski definition) is 0. The topological polar surface area (TPSA) is 108 Å². The van der Waals surface area contributed by atoms with Crippen LogP contribution in [-0.4, -0.2) is 82.5 Å². The maximum absolute atomic E-state index is 13.3. The molecule has 2 fully saturated rings. The zero-order valence-corrected chi connectivity index (χ0v) is 22.4. The zero-order chi connectivity index (χ0) is 24.8. The minimum Gasteiger partial charge on any atom is -0.345 e. The van der Waals surface area contributed by atoms with Gasteiger partial charge in [-0.25, -0.2) is 21.8 Å². The average Bonchev–Trinajstić information content (AvgIpc) is 3.53. The molecule has 0 radical (unpaired) electrons. The highest BCUT2D eigenvalue weighted by Gasteiger charge is 2.36. The number of benzene rings is 1. The Morgan fingerprint density at radius 3 is 2.49 bits per heavy atom. The van der Waals surface area contributed by atoms with E-state index >= 15 is 0 Å². The largest absolute Gasteiger partial charge is 0.345 e. The first-order valence-electron chi connectivity index (χ1n) is 11.3. The van der Waals surface area contributed by atoms with Gasteiger partial charge in [0.25, 0.3) is 10.0 Å². The fourth-order valence-electron chi connectivity index (χ4n) is 4.62. The third-order valence-corrected chi connectivity index (χ3v) is 11.9. The number of thiophene rings is 1. The quantitative estimate of drug-likeness (QED) is 0.477. The number of rotatable bonds is 5. The number of carbonyl (C=O) groups is 1. The van der Waals surface area contributed by atoms with E-state index in [1.165, 1.54) is 33.2 Å². The molecule has 0 saturated carbocycles. The van der Waals surface area contributed by atoms with Gasteiger partial charge in [-0.1, -0.05) is 23.5 Å². The molecule has 2 saturated heterocycles. The number of piperazine rings is 1. The van der Waals surface area contributed by atoms with E-state index in [9.17, 15) is 21.6 Å². The van der Waals surface area contributed by atoms with Gasteiger partial charge in [-0.05, 0) is 36.4 Å². The number of hydrogen-bond acceptors (Lipinski definition) is 9. The average molecular weight is 555 g/mol. The van der Waals surface area contributed by atoms with Crippen molar-refractivity contribution >= 4 is 63.8 Å². The van der Waals surface area contributed by atoms with E-state index in [4.69, 9.17) is 0 Å². The van der Waals surface area contributed by atoms with Crippen molar-refractivity contribution in [2.24, 2.45) is 5.92 Å². The van der Waals surface area contributed by atoms with Gasteiger partial charge in [0.2, 0.25) is 5.91 Å². The summed E-state index contributed by atoms with van der Waals surface area (Å²) in [5, 5.41) is 2.49. The molecule has 2 aliphatic rings. The summed E-state index contributed by atoms with van der Waals surface area (Å²) in [4.78, 5) is 22.0. The molecule has 0 spiro atoms. The zero-order valence-electron chi connectivity index (χ0n) is 19.2. The normalized spacial score (nSPS) is 20.4. The molecule has 1 aromatic carbocycles. The number of carbonyl (C=O) groups excluding carboxylic acids is 1. The van der Waals surface area contributed by atoms with E-state index in [1.54, 1.807) is 29.6 Å². The predicted molar refractivity (Wildman–Crippen MR) is 137 cm³/mol. The number of anilines is 1. The number of amides is 1. The molecule has 4 heterocycles. The minimum absolute atomic E-state index is 0.000563. The second-order valence-corrected chi connectivity index (χ2v) is 14.9. The van der Waals surface area contributed by atoms with Gasteiger partial charge in [0, 0.05) is 45.5 Å². The predicted octanol–water partition coefficient (Wildman–Crippen LogP) is 2.51. The SMILES string of the molecule is CS(=O)(=O)c1cccc2sc(N3CCN(C(=O)C4CCCN(S(=O)(=O)c5cccs5)C4)CC3)nc12. The van der Waals surface area contributed by atoms with Gasteiger partial charge < -0.3 is 9.80 Å². The van der Waals surface area contributed by atoms with E-state index in [2.05, 4.69) is 9.88 Å². The smallest absolute Gasteiger partial charge is 0.252 e. The number of fused-ring (bicyclic) bond motifs is 1. The van der Waals surface area contributed by atoms with Crippen LogP contribution in [0.3, 0.4) is 0 Å². The molecular weight excluding hydrogens is 529 g/mol. The van der Waals surface area contributed by atoms with Crippen molar-refractivity contribution < 1.29 is 21.6 Å². The summed E-state index contributed by atoms with van der Waals surface area (Å²) in [6.07, 6.45) is 2.53. The lowest BCUT2D eigenvalue weighted by atomic mass is 9.98. The Kier molecular flexibility index (Phi) is 6.64. The Morgan fingerprint density at radius 2 is 1.80 bits per heavy atom. The summed E-state index contributed by atoms with van der Waals surface area (Å²) in [6, 6.07) is 8.49. The summed E-state index contributed by atoms with van der Waals surface area (Å²) >= 11 is 2.64. The molecule has 0 bridgehead atoms. The van der Waals surface area contributed by atoms with Gasteiger partial charge in [0.1, 0.15) is 9.73 Å².